The number of para-hydroxylation sites is 3. The minimum atomic E-state index is 0.524. The summed E-state index contributed by atoms with van der Waals surface area (Å²) in [6.45, 7) is 7.96. The van der Waals surface area contributed by atoms with Crippen LogP contribution in [0.1, 0.15) is 0 Å². The van der Waals surface area contributed by atoms with E-state index in [0.29, 0.717) is 11.3 Å². The summed E-state index contributed by atoms with van der Waals surface area (Å²) in [5, 5.41) is 6.90. The molecule has 0 aliphatic heterocycles. The molecule has 0 spiro atoms. The first-order chi connectivity index (χ1) is 20.3. The molecule has 41 heavy (non-hydrogen) atoms. The molecule has 3 nitrogen and oxygen atoms in total. The molecule has 0 amide bonds. The van der Waals surface area contributed by atoms with Crippen molar-refractivity contribution in [2.75, 3.05) is 0 Å². The SMILES string of the molecule is [C-]#[N+]c1ccc(-c2cccc3sc4ccccc4c23)c2c1oc1c(-n3c4ccccc4c4ccccc43)cccc12. The Bertz CT molecular complexity index is 2500. The second kappa shape index (κ2) is 8.32. The smallest absolute Gasteiger partial charge is 0.229 e. The molecular weight excluding hydrogens is 520 g/mol. The number of hydrogen-bond donors (Lipinski definition) is 0. The highest BCUT2D eigenvalue weighted by atomic mass is 32.1. The monoisotopic (exact) mass is 540 g/mol. The number of hydrogen-bond acceptors (Lipinski definition) is 2. The van der Waals surface area contributed by atoms with Crippen molar-refractivity contribution in [2.45, 2.75) is 0 Å². The van der Waals surface area contributed by atoms with Gasteiger partial charge in [0.2, 0.25) is 5.69 Å². The van der Waals surface area contributed by atoms with Gasteiger partial charge < -0.3 is 8.98 Å². The van der Waals surface area contributed by atoms with Crippen molar-refractivity contribution in [1.82, 2.24) is 4.57 Å². The molecule has 0 fully saturated rings. The quantitative estimate of drug-likeness (QED) is 0.200. The van der Waals surface area contributed by atoms with Crippen LogP contribution in [-0.4, -0.2) is 4.57 Å². The highest BCUT2D eigenvalue weighted by molar-refractivity contribution is 7.25. The van der Waals surface area contributed by atoms with E-state index in [1.807, 2.05) is 17.4 Å². The molecule has 4 heteroatoms. The summed E-state index contributed by atoms with van der Waals surface area (Å²) < 4.78 is 11.6. The van der Waals surface area contributed by atoms with Gasteiger partial charge in [-0.1, -0.05) is 91.0 Å². The van der Waals surface area contributed by atoms with Gasteiger partial charge in [-0.3, -0.25) is 0 Å². The minimum absolute atomic E-state index is 0.524. The molecule has 9 aromatic rings. The molecule has 0 radical (unpaired) electrons. The first kappa shape index (κ1) is 22.4. The molecule has 0 saturated carbocycles. The van der Waals surface area contributed by atoms with Crippen LogP contribution in [0.2, 0.25) is 0 Å². The molecule has 0 atom stereocenters. The van der Waals surface area contributed by atoms with E-state index in [0.717, 1.165) is 44.2 Å². The lowest BCUT2D eigenvalue weighted by Gasteiger charge is -2.09. The Kier molecular flexibility index (Phi) is 4.55. The minimum Gasteiger partial charge on any atom is -0.465 e. The zero-order valence-corrected chi connectivity index (χ0v) is 22.6. The second-order valence-electron chi connectivity index (χ2n) is 10.4. The van der Waals surface area contributed by atoms with Gasteiger partial charge in [0.05, 0.1) is 23.3 Å². The van der Waals surface area contributed by atoms with Crippen molar-refractivity contribution < 1.29 is 4.42 Å². The van der Waals surface area contributed by atoms with Gasteiger partial charge in [-0.05, 0) is 41.5 Å². The summed E-state index contributed by atoms with van der Waals surface area (Å²) >= 11 is 1.82. The summed E-state index contributed by atoms with van der Waals surface area (Å²) in [5.41, 5.74) is 7.41. The van der Waals surface area contributed by atoms with E-state index in [4.69, 9.17) is 11.0 Å². The van der Waals surface area contributed by atoms with Gasteiger partial charge in [-0.25, -0.2) is 4.85 Å². The van der Waals surface area contributed by atoms with E-state index in [9.17, 15) is 0 Å². The molecule has 9 rings (SSSR count). The van der Waals surface area contributed by atoms with Crippen molar-refractivity contribution in [3.05, 3.63) is 133 Å². The summed E-state index contributed by atoms with van der Waals surface area (Å²) in [6.07, 6.45) is 0. The fraction of sp³-hybridized carbons (Fsp3) is 0. The molecule has 0 bridgehead atoms. The Morgan fingerprint density at radius 1 is 0.537 bits per heavy atom. The zero-order chi connectivity index (χ0) is 27.1. The number of nitrogens with zero attached hydrogens (tertiary/aromatic N) is 2. The van der Waals surface area contributed by atoms with Crippen LogP contribution < -0.4 is 0 Å². The van der Waals surface area contributed by atoms with Gasteiger partial charge in [-0.15, -0.1) is 11.3 Å². The van der Waals surface area contributed by atoms with E-state index in [-0.39, 0.29) is 0 Å². The first-order valence-electron chi connectivity index (χ1n) is 13.6. The third kappa shape index (κ3) is 3.01. The molecule has 6 aromatic carbocycles. The van der Waals surface area contributed by atoms with E-state index in [2.05, 4.69) is 125 Å². The fourth-order valence-corrected chi connectivity index (χ4v) is 7.68. The van der Waals surface area contributed by atoms with Crippen molar-refractivity contribution >= 4 is 80.9 Å². The van der Waals surface area contributed by atoms with Crippen molar-refractivity contribution in [3.63, 3.8) is 0 Å². The van der Waals surface area contributed by atoms with E-state index >= 15 is 0 Å². The molecule has 0 unspecified atom stereocenters. The van der Waals surface area contributed by atoms with Crippen molar-refractivity contribution in [1.29, 1.82) is 0 Å². The van der Waals surface area contributed by atoms with Crippen LogP contribution >= 0.6 is 11.3 Å². The summed E-state index contributed by atoms with van der Waals surface area (Å²) in [7, 11) is 0. The second-order valence-corrected chi connectivity index (χ2v) is 11.4. The fourth-order valence-electron chi connectivity index (χ4n) is 6.54. The first-order valence-corrected chi connectivity index (χ1v) is 14.4. The van der Waals surface area contributed by atoms with E-state index in [1.165, 1.54) is 30.9 Å². The number of aromatic nitrogens is 1. The Hall–Kier alpha value is -5.37. The zero-order valence-electron chi connectivity index (χ0n) is 21.8. The Labute approximate surface area is 238 Å². The van der Waals surface area contributed by atoms with Crippen LogP contribution in [-0.2, 0) is 0 Å². The normalized spacial score (nSPS) is 11.9. The van der Waals surface area contributed by atoms with Gasteiger partial charge in [0.25, 0.3) is 0 Å². The van der Waals surface area contributed by atoms with Crippen molar-refractivity contribution in [3.8, 4) is 16.8 Å². The topological polar surface area (TPSA) is 22.4 Å². The molecule has 0 saturated heterocycles. The summed E-state index contributed by atoms with van der Waals surface area (Å²) in [5.74, 6) is 0. The molecular formula is C37H20N2OS. The van der Waals surface area contributed by atoms with Crippen LogP contribution in [0, 0.1) is 6.57 Å². The lowest BCUT2D eigenvalue weighted by molar-refractivity contribution is 0.668. The van der Waals surface area contributed by atoms with Crippen LogP contribution in [0.4, 0.5) is 5.69 Å². The number of rotatable bonds is 2. The van der Waals surface area contributed by atoms with Crippen LogP contribution in [0.25, 0.3) is 85.6 Å². The number of fused-ring (bicyclic) bond motifs is 9. The maximum absolute atomic E-state index is 7.96. The van der Waals surface area contributed by atoms with Gasteiger partial charge in [0.15, 0.2) is 5.58 Å². The van der Waals surface area contributed by atoms with E-state index < -0.39 is 0 Å². The van der Waals surface area contributed by atoms with Crippen molar-refractivity contribution in [2.24, 2.45) is 0 Å². The van der Waals surface area contributed by atoms with Crippen LogP contribution in [0.3, 0.4) is 0 Å². The van der Waals surface area contributed by atoms with E-state index in [1.54, 1.807) is 0 Å². The third-order valence-electron chi connectivity index (χ3n) is 8.24. The maximum atomic E-state index is 7.96. The lowest BCUT2D eigenvalue weighted by Crippen LogP contribution is -1.94. The van der Waals surface area contributed by atoms with Crippen LogP contribution in [0.15, 0.2) is 126 Å². The maximum Gasteiger partial charge on any atom is 0.229 e. The standard InChI is InChI=1S/C37H20N2OS/c1-38-28-21-20-25(24-13-9-19-33-34(24)26-12-4-7-18-32(26)41-33)35-27-14-8-17-31(36(27)40-37(28)35)39-29-15-5-2-10-22(29)23-11-3-6-16-30(23)39/h2-21H. The van der Waals surface area contributed by atoms with Gasteiger partial charge in [-0.2, -0.15) is 0 Å². The average molecular weight is 541 g/mol. The molecule has 3 aromatic heterocycles. The lowest BCUT2D eigenvalue weighted by atomic mass is 9.95. The Balaban J connectivity index is 1.43. The van der Waals surface area contributed by atoms with Gasteiger partial charge in [0.1, 0.15) is 5.58 Å². The molecule has 0 aliphatic carbocycles. The number of thiophene rings is 1. The summed E-state index contributed by atoms with van der Waals surface area (Å²) in [4.78, 5) is 3.87. The van der Waals surface area contributed by atoms with Gasteiger partial charge >= 0.3 is 0 Å². The molecule has 3 heterocycles. The Morgan fingerprint density at radius 2 is 1.17 bits per heavy atom. The molecule has 0 aliphatic rings. The highest BCUT2D eigenvalue weighted by Gasteiger charge is 2.22. The third-order valence-corrected chi connectivity index (χ3v) is 9.37. The molecule has 190 valence electrons. The Morgan fingerprint density at radius 3 is 1.95 bits per heavy atom. The van der Waals surface area contributed by atoms with Gasteiger partial charge in [0, 0.05) is 41.7 Å². The average Bonchev–Trinajstić information content (AvgIpc) is 3.70. The van der Waals surface area contributed by atoms with Crippen LogP contribution in [0.5, 0.6) is 0 Å². The number of furan rings is 1. The summed E-state index contributed by atoms with van der Waals surface area (Å²) in [6, 6.07) is 42.5. The number of benzene rings is 6. The molecule has 0 N–H and O–H groups in total. The predicted octanol–water partition coefficient (Wildman–Crippen LogP) is 11.3. The predicted molar refractivity (Wildman–Crippen MR) is 173 cm³/mol. The highest BCUT2D eigenvalue weighted by Crippen LogP contribution is 2.47. The largest absolute Gasteiger partial charge is 0.465 e.